The molecule has 0 saturated heterocycles. The molecule has 0 amide bonds. The molecular weight excluding hydrogens is 344 g/mol. The number of hydrogen-bond acceptors (Lipinski definition) is 7. The number of fused-ring (bicyclic) bond motifs is 1. The highest BCUT2D eigenvalue weighted by molar-refractivity contribution is 7.99. The quantitative estimate of drug-likeness (QED) is 0.408. The van der Waals surface area contributed by atoms with Gasteiger partial charge in [0.1, 0.15) is 35.4 Å². The lowest BCUT2D eigenvalue weighted by Gasteiger charge is -2.29. The summed E-state index contributed by atoms with van der Waals surface area (Å²) >= 11 is 1.57. The third-order valence-corrected chi connectivity index (χ3v) is 5.57. The van der Waals surface area contributed by atoms with Crippen LogP contribution in [0.15, 0.2) is 12.1 Å². The Hall–Kier alpha value is -1.57. The van der Waals surface area contributed by atoms with E-state index in [-0.39, 0.29) is 47.4 Å². The summed E-state index contributed by atoms with van der Waals surface area (Å²) in [5.41, 5.74) is 0.577. The van der Waals surface area contributed by atoms with Crippen molar-refractivity contribution in [1.82, 2.24) is 0 Å². The van der Waals surface area contributed by atoms with Crippen LogP contribution in [0.25, 0.3) is 0 Å². The van der Waals surface area contributed by atoms with Crippen molar-refractivity contribution in [1.29, 1.82) is 0 Å². The number of aromatic hydroxyl groups is 1. The molecule has 0 aliphatic carbocycles. The molecule has 1 aliphatic rings. The highest BCUT2D eigenvalue weighted by Crippen LogP contribution is 2.48. The van der Waals surface area contributed by atoms with Gasteiger partial charge in [-0.3, -0.25) is 4.79 Å². The van der Waals surface area contributed by atoms with Crippen molar-refractivity contribution < 1.29 is 28.9 Å². The highest BCUT2D eigenvalue weighted by Gasteiger charge is 2.43. The molecule has 7 heteroatoms. The zero-order valence-corrected chi connectivity index (χ0v) is 15.7. The molecule has 0 aromatic heterocycles. The molecule has 0 fully saturated rings. The number of rotatable bonds is 9. The second-order valence-electron chi connectivity index (χ2n) is 5.94. The summed E-state index contributed by atoms with van der Waals surface area (Å²) in [6, 6.07) is 3.20. The maximum atomic E-state index is 12.2. The van der Waals surface area contributed by atoms with Gasteiger partial charge in [0.15, 0.2) is 5.78 Å². The van der Waals surface area contributed by atoms with Gasteiger partial charge in [0.05, 0.1) is 11.1 Å². The average Bonchev–Trinajstić information content (AvgIpc) is 3.00. The predicted molar refractivity (Wildman–Crippen MR) is 95.4 cm³/mol. The second kappa shape index (κ2) is 8.69. The fraction of sp³-hybridized carbons (Fsp3) is 0.556. The standard InChI is InChI=1S/C18H24O6S/c1-10(18(23-3)25-4)16-17(22-2)14-13(24-16)8-7-11(15(14)21)12(20)6-5-9-19/h7-10,16-18,21H,5-6H2,1-4H3. The van der Waals surface area contributed by atoms with Gasteiger partial charge < -0.3 is 24.1 Å². The van der Waals surface area contributed by atoms with Gasteiger partial charge in [-0.15, -0.1) is 11.8 Å². The Morgan fingerprint density at radius 3 is 2.72 bits per heavy atom. The molecule has 4 unspecified atom stereocenters. The average molecular weight is 368 g/mol. The van der Waals surface area contributed by atoms with Crippen molar-refractivity contribution in [3.8, 4) is 11.5 Å². The molecule has 4 atom stereocenters. The number of thioether (sulfide) groups is 1. The monoisotopic (exact) mass is 368 g/mol. The number of benzene rings is 1. The van der Waals surface area contributed by atoms with Gasteiger partial charge in [0, 0.05) is 33.0 Å². The second-order valence-corrected chi connectivity index (χ2v) is 6.88. The van der Waals surface area contributed by atoms with Crippen molar-refractivity contribution in [3.05, 3.63) is 23.3 Å². The van der Waals surface area contributed by atoms with Crippen LogP contribution in [-0.4, -0.2) is 49.2 Å². The number of ether oxygens (including phenoxy) is 3. The minimum absolute atomic E-state index is 0.00837. The number of Topliss-reactive ketones (excluding diaryl/α,β-unsaturated/α-hetero) is 1. The number of phenolic OH excluding ortho intramolecular Hbond substituents is 1. The number of carbonyl (C=O) groups excluding carboxylic acids is 2. The molecule has 1 aromatic carbocycles. The molecule has 138 valence electrons. The Morgan fingerprint density at radius 1 is 1.44 bits per heavy atom. The lowest BCUT2D eigenvalue weighted by atomic mass is 9.94. The van der Waals surface area contributed by atoms with Gasteiger partial charge in [-0.2, -0.15) is 0 Å². The molecule has 1 N–H and O–H groups in total. The molecule has 0 radical (unpaired) electrons. The fourth-order valence-electron chi connectivity index (χ4n) is 3.21. The molecular formula is C18H24O6S. The van der Waals surface area contributed by atoms with E-state index >= 15 is 0 Å². The predicted octanol–water partition coefficient (Wildman–Crippen LogP) is 2.97. The maximum Gasteiger partial charge on any atom is 0.167 e. The summed E-state index contributed by atoms with van der Waals surface area (Å²) in [7, 11) is 3.19. The Morgan fingerprint density at radius 2 is 2.16 bits per heavy atom. The third kappa shape index (κ3) is 3.83. The Kier molecular flexibility index (Phi) is 6.87. The van der Waals surface area contributed by atoms with Crippen LogP contribution >= 0.6 is 11.8 Å². The SMILES string of the molecule is COC(SC)C(C)C1Oc2ccc(C(=O)CCC=O)c(O)c2C1OC. The van der Waals surface area contributed by atoms with Gasteiger partial charge in [-0.25, -0.2) is 0 Å². The van der Waals surface area contributed by atoms with E-state index in [0.717, 1.165) is 0 Å². The molecule has 1 aromatic rings. The molecule has 6 nitrogen and oxygen atoms in total. The van der Waals surface area contributed by atoms with Gasteiger partial charge >= 0.3 is 0 Å². The summed E-state index contributed by atoms with van der Waals surface area (Å²) in [5.74, 6) is 0.0840. The number of ketones is 1. The van der Waals surface area contributed by atoms with Crippen molar-refractivity contribution in [2.75, 3.05) is 20.5 Å². The van der Waals surface area contributed by atoms with Crippen molar-refractivity contribution in [2.45, 2.75) is 37.4 Å². The molecule has 1 heterocycles. The highest BCUT2D eigenvalue weighted by atomic mass is 32.2. The van der Waals surface area contributed by atoms with E-state index in [4.69, 9.17) is 14.2 Å². The summed E-state index contributed by atoms with van der Waals surface area (Å²) in [6.07, 6.45) is 1.98. The van der Waals surface area contributed by atoms with Gasteiger partial charge in [-0.05, 0) is 18.4 Å². The molecule has 0 spiro atoms. The Balaban J connectivity index is 2.35. The first-order valence-corrected chi connectivity index (χ1v) is 9.36. The minimum atomic E-state index is -0.506. The van der Waals surface area contributed by atoms with E-state index in [9.17, 15) is 14.7 Å². The largest absolute Gasteiger partial charge is 0.507 e. The number of methoxy groups -OCH3 is 2. The lowest BCUT2D eigenvalue weighted by Crippen LogP contribution is -2.35. The first-order chi connectivity index (χ1) is 12.0. The number of carbonyl (C=O) groups is 2. The summed E-state index contributed by atoms with van der Waals surface area (Å²) < 4.78 is 17.1. The first-order valence-electron chi connectivity index (χ1n) is 8.07. The van der Waals surface area contributed by atoms with Crippen molar-refractivity contribution in [3.63, 3.8) is 0 Å². The van der Waals surface area contributed by atoms with Gasteiger partial charge in [-0.1, -0.05) is 6.92 Å². The van der Waals surface area contributed by atoms with E-state index in [1.165, 1.54) is 6.07 Å². The van der Waals surface area contributed by atoms with Gasteiger partial charge in [0.2, 0.25) is 0 Å². The smallest absolute Gasteiger partial charge is 0.167 e. The van der Waals surface area contributed by atoms with Crippen molar-refractivity contribution in [2.24, 2.45) is 5.92 Å². The molecule has 0 bridgehead atoms. The van der Waals surface area contributed by atoms with Crippen LogP contribution in [0.3, 0.4) is 0 Å². The van der Waals surface area contributed by atoms with Gasteiger partial charge in [0.25, 0.3) is 0 Å². The number of aldehydes is 1. The molecule has 2 rings (SSSR count). The zero-order chi connectivity index (χ0) is 18.6. The summed E-state index contributed by atoms with van der Waals surface area (Å²) in [4.78, 5) is 22.7. The van der Waals surface area contributed by atoms with E-state index in [0.29, 0.717) is 17.6 Å². The van der Waals surface area contributed by atoms with Crippen LogP contribution in [0.4, 0.5) is 0 Å². The van der Waals surface area contributed by atoms with Crippen LogP contribution in [0.5, 0.6) is 11.5 Å². The number of hydrogen-bond donors (Lipinski definition) is 1. The van der Waals surface area contributed by atoms with Crippen LogP contribution < -0.4 is 4.74 Å². The van der Waals surface area contributed by atoms with E-state index in [2.05, 4.69) is 0 Å². The van der Waals surface area contributed by atoms with Crippen LogP contribution in [0, 0.1) is 5.92 Å². The maximum absolute atomic E-state index is 12.2. The Bertz CT molecular complexity index is 628. The Labute approximate surface area is 151 Å². The zero-order valence-electron chi connectivity index (χ0n) is 14.9. The van der Waals surface area contributed by atoms with Crippen LogP contribution in [-0.2, 0) is 14.3 Å². The van der Waals surface area contributed by atoms with Crippen LogP contribution in [0.2, 0.25) is 0 Å². The fourth-order valence-corrected chi connectivity index (χ4v) is 3.98. The molecule has 0 saturated carbocycles. The van der Waals surface area contributed by atoms with E-state index in [1.54, 1.807) is 32.0 Å². The van der Waals surface area contributed by atoms with E-state index in [1.807, 2.05) is 13.2 Å². The van der Waals surface area contributed by atoms with Crippen molar-refractivity contribution >= 4 is 23.8 Å². The normalized spacial score (nSPS) is 21.3. The molecule has 1 aliphatic heterocycles. The lowest BCUT2D eigenvalue weighted by molar-refractivity contribution is -0.107. The van der Waals surface area contributed by atoms with Crippen LogP contribution in [0.1, 0.15) is 41.8 Å². The third-order valence-electron chi connectivity index (χ3n) is 4.48. The summed E-state index contributed by atoms with van der Waals surface area (Å²) in [6.45, 7) is 2.00. The minimum Gasteiger partial charge on any atom is -0.507 e. The summed E-state index contributed by atoms with van der Waals surface area (Å²) in [5, 5.41) is 10.6. The first kappa shape index (κ1) is 19.8. The topological polar surface area (TPSA) is 82.1 Å². The molecule has 25 heavy (non-hydrogen) atoms. The number of phenols is 1. The van der Waals surface area contributed by atoms with E-state index < -0.39 is 6.10 Å².